The molecule has 144 valence electrons. The van der Waals surface area contributed by atoms with Gasteiger partial charge < -0.3 is 14.5 Å². The number of nitrogens with one attached hydrogen (secondary N) is 1. The van der Waals surface area contributed by atoms with Crippen molar-refractivity contribution in [1.82, 2.24) is 20.0 Å². The summed E-state index contributed by atoms with van der Waals surface area (Å²) in [5, 5.41) is 6.95. The molecule has 2 heterocycles. The Hall–Kier alpha value is -2.83. The summed E-state index contributed by atoms with van der Waals surface area (Å²) in [4.78, 5) is 28.8. The summed E-state index contributed by atoms with van der Waals surface area (Å²) in [6.45, 7) is 8.02. The number of nitrogens with zero attached hydrogens (tertiary/aromatic N) is 3. The zero-order valence-electron chi connectivity index (χ0n) is 16.0. The summed E-state index contributed by atoms with van der Waals surface area (Å²) in [5.41, 5.74) is 1.01. The van der Waals surface area contributed by atoms with E-state index in [9.17, 15) is 9.59 Å². The third-order valence-corrected chi connectivity index (χ3v) is 4.58. The molecule has 0 aliphatic carbocycles. The SMILES string of the molecule is CC(C)CN1CCN(C(=O)c2cc(COc3ccccc3)[nH]n2)[C@H](C)C1=O. The van der Waals surface area contributed by atoms with Crippen LogP contribution in [0, 0.1) is 5.92 Å². The fourth-order valence-electron chi connectivity index (χ4n) is 3.20. The topological polar surface area (TPSA) is 78.5 Å². The highest BCUT2D eigenvalue weighted by Gasteiger charge is 2.35. The van der Waals surface area contributed by atoms with Gasteiger partial charge in [-0.2, -0.15) is 5.10 Å². The Balaban J connectivity index is 1.61. The molecular weight excluding hydrogens is 344 g/mol. The van der Waals surface area contributed by atoms with E-state index >= 15 is 0 Å². The first kappa shape index (κ1) is 18.9. The molecule has 0 radical (unpaired) electrons. The van der Waals surface area contributed by atoms with Crippen molar-refractivity contribution in [2.75, 3.05) is 19.6 Å². The van der Waals surface area contributed by atoms with Crippen molar-refractivity contribution in [3.05, 3.63) is 47.8 Å². The van der Waals surface area contributed by atoms with E-state index in [4.69, 9.17) is 4.74 Å². The maximum absolute atomic E-state index is 12.8. The molecule has 2 amide bonds. The van der Waals surface area contributed by atoms with E-state index in [1.54, 1.807) is 17.9 Å². The lowest BCUT2D eigenvalue weighted by atomic mass is 10.1. The lowest BCUT2D eigenvalue weighted by Crippen LogP contribution is -2.58. The molecule has 1 atom stereocenters. The van der Waals surface area contributed by atoms with Gasteiger partial charge in [0.15, 0.2) is 5.69 Å². The fraction of sp³-hybridized carbons (Fsp3) is 0.450. The van der Waals surface area contributed by atoms with Crippen molar-refractivity contribution >= 4 is 11.8 Å². The smallest absolute Gasteiger partial charge is 0.275 e. The van der Waals surface area contributed by atoms with Gasteiger partial charge in [0.05, 0.1) is 5.69 Å². The maximum Gasteiger partial charge on any atom is 0.275 e. The molecule has 3 rings (SSSR count). The van der Waals surface area contributed by atoms with Crippen LogP contribution < -0.4 is 4.74 Å². The minimum atomic E-state index is -0.481. The van der Waals surface area contributed by atoms with Crippen LogP contribution in [0.15, 0.2) is 36.4 Å². The van der Waals surface area contributed by atoms with E-state index in [2.05, 4.69) is 24.0 Å². The zero-order valence-corrected chi connectivity index (χ0v) is 16.0. The van der Waals surface area contributed by atoms with Gasteiger partial charge >= 0.3 is 0 Å². The molecule has 1 saturated heterocycles. The van der Waals surface area contributed by atoms with Crippen molar-refractivity contribution in [2.45, 2.75) is 33.4 Å². The van der Waals surface area contributed by atoms with Gasteiger partial charge in [0.1, 0.15) is 18.4 Å². The van der Waals surface area contributed by atoms with Gasteiger partial charge in [-0.1, -0.05) is 32.0 Å². The number of benzene rings is 1. The van der Waals surface area contributed by atoms with Crippen molar-refractivity contribution in [3.8, 4) is 5.75 Å². The van der Waals surface area contributed by atoms with Crippen LogP contribution in [0.25, 0.3) is 0 Å². The van der Waals surface area contributed by atoms with E-state index in [0.717, 1.165) is 5.75 Å². The van der Waals surface area contributed by atoms with Gasteiger partial charge in [-0.15, -0.1) is 0 Å². The highest BCUT2D eigenvalue weighted by Crippen LogP contribution is 2.17. The Morgan fingerprint density at radius 1 is 1.30 bits per heavy atom. The van der Waals surface area contributed by atoms with Gasteiger partial charge in [-0.25, -0.2) is 0 Å². The van der Waals surface area contributed by atoms with Crippen molar-refractivity contribution in [2.24, 2.45) is 5.92 Å². The summed E-state index contributed by atoms with van der Waals surface area (Å²) in [6, 6.07) is 10.7. The van der Waals surface area contributed by atoms with Gasteiger partial charge in [0.2, 0.25) is 5.91 Å². The van der Waals surface area contributed by atoms with Crippen LogP contribution in [0.1, 0.15) is 37.0 Å². The van der Waals surface area contributed by atoms with Gasteiger partial charge in [-0.05, 0) is 31.0 Å². The number of rotatable bonds is 6. The average molecular weight is 370 g/mol. The number of amides is 2. The van der Waals surface area contributed by atoms with E-state index in [1.807, 2.05) is 35.2 Å². The fourth-order valence-corrected chi connectivity index (χ4v) is 3.20. The van der Waals surface area contributed by atoms with Crippen molar-refractivity contribution in [1.29, 1.82) is 0 Å². The molecule has 0 saturated carbocycles. The zero-order chi connectivity index (χ0) is 19.4. The lowest BCUT2D eigenvalue weighted by Gasteiger charge is -2.39. The first-order valence-corrected chi connectivity index (χ1v) is 9.27. The summed E-state index contributed by atoms with van der Waals surface area (Å²) >= 11 is 0. The Labute approximate surface area is 159 Å². The largest absolute Gasteiger partial charge is 0.487 e. The van der Waals surface area contributed by atoms with Crippen LogP contribution >= 0.6 is 0 Å². The number of piperazine rings is 1. The van der Waals surface area contributed by atoms with E-state index in [0.29, 0.717) is 43.5 Å². The number of ether oxygens (including phenoxy) is 1. The third-order valence-electron chi connectivity index (χ3n) is 4.58. The quantitative estimate of drug-likeness (QED) is 0.846. The van der Waals surface area contributed by atoms with Crippen LogP contribution in [0.5, 0.6) is 5.75 Å². The molecule has 7 nitrogen and oxygen atoms in total. The molecule has 0 bridgehead atoms. The molecule has 27 heavy (non-hydrogen) atoms. The Morgan fingerprint density at radius 3 is 2.74 bits per heavy atom. The number of hydrogen-bond donors (Lipinski definition) is 1. The summed E-state index contributed by atoms with van der Waals surface area (Å²) in [6.07, 6.45) is 0. The van der Waals surface area contributed by atoms with Crippen LogP contribution in [0.4, 0.5) is 0 Å². The van der Waals surface area contributed by atoms with Gasteiger partial charge in [-0.3, -0.25) is 14.7 Å². The first-order chi connectivity index (χ1) is 13.0. The Kier molecular flexibility index (Phi) is 5.78. The van der Waals surface area contributed by atoms with E-state index < -0.39 is 6.04 Å². The predicted molar refractivity (Wildman–Crippen MR) is 101 cm³/mol. The molecule has 1 fully saturated rings. The summed E-state index contributed by atoms with van der Waals surface area (Å²) in [7, 11) is 0. The Morgan fingerprint density at radius 2 is 2.04 bits per heavy atom. The second-order valence-corrected chi connectivity index (χ2v) is 7.23. The van der Waals surface area contributed by atoms with Crippen LogP contribution in [-0.2, 0) is 11.4 Å². The second kappa shape index (κ2) is 8.24. The highest BCUT2D eigenvalue weighted by molar-refractivity contribution is 5.96. The van der Waals surface area contributed by atoms with Crippen LogP contribution in [0.3, 0.4) is 0 Å². The first-order valence-electron chi connectivity index (χ1n) is 9.27. The predicted octanol–water partition coefficient (Wildman–Crippen LogP) is 2.32. The number of H-pyrrole nitrogens is 1. The third kappa shape index (κ3) is 4.48. The maximum atomic E-state index is 12.8. The molecule has 0 spiro atoms. The number of para-hydroxylation sites is 1. The monoisotopic (exact) mass is 370 g/mol. The normalized spacial score (nSPS) is 17.5. The molecule has 1 aliphatic rings. The molecule has 7 heteroatoms. The number of aromatic nitrogens is 2. The van der Waals surface area contributed by atoms with Gasteiger partial charge in [0, 0.05) is 19.6 Å². The van der Waals surface area contributed by atoms with Gasteiger partial charge in [0.25, 0.3) is 5.91 Å². The molecular formula is C20H26N4O3. The average Bonchev–Trinajstić information content (AvgIpc) is 3.13. The molecule has 0 unspecified atom stereocenters. The molecule has 1 aromatic carbocycles. The standard InChI is InChI=1S/C20H26N4O3/c1-14(2)12-23-9-10-24(15(3)19(23)25)20(26)18-11-16(21-22-18)13-27-17-7-5-4-6-8-17/h4-8,11,14-15H,9-10,12-13H2,1-3H3,(H,21,22)/t15-/m1/s1. The van der Waals surface area contributed by atoms with E-state index in [1.165, 1.54) is 0 Å². The minimum Gasteiger partial charge on any atom is -0.487 e. The Bertz CT molecular complexity index is 788. The molecule has 2 aromatic rings. The van der Waals surface area contributed by atoms with E-state index in [-0.39, 0.29) is 11.8 Å². The molecule has 1 aromatic heterocycles. The summed E-state index contributed by atoms with van der Waals surface area (Å²) in [5.74, 6) is 0.913. The number of carbonyl (C=O) groups excluding carboxylic acids is 2. The van der Waals surface area contributed by atoms with Crippen LogP contribution in [0.2, 0.25) is 0 Å². The number of carbonyl (C=O) groups is 2. The van der Waals surface area contributed by atoms with Crippen molar-refractivity contribution in [3.63, 3.8) is 0 Å². The number of aromatic amines is 1. The van der Waals surface area contributed by atoms with Crippen LogP contribution in [-0.4, -0.2) is 57.5 Å². The molecule has 1 N–H and O–H groups in total. The molecule has 1 aliphatic heterocycles. The van der Waals surface area contributed by atoms with Crippen molar-refractivity contribution < 1.29 is 14.3 Å². The second-order valence-electron chi connectivity index (χ2n) is 7.23. The number of hydrogen-bond acceptors (Lipinski definition) is 4. The minimum absolute atomic E-state index is 0.00790. The lowest BCUT2D eigenvalue weighted by molar-refractivity contribution is -0.140. The summed E-state index contributed by atoms with van der Waals surface area (Å²) < 4.78 is 5.66. The highest BCUT2D eigenvalue weighted by atomic mass is 16.5.